The molecule has 0 amide bonds. The maximum atomic E-state index is 13.7. The Morgan fingerprint density at radius 3 is 2.47 bits per heavy atom. The van der Waals surface area contributed by atoms with Crippen molar-refractivity contribution in [3.63, 3.8) is 0 Å². The first kappa shape index (κ1) is 12.8. The molecule has 2 aromatic carbocycles. The number of anilines is 3. The predicted octanol–water partition coefficient (Wildman–Crippen LogP) is 3.19. The number of nitriles is 1. The minimum atomic E-state index is -0.548. The molecule has 0 bridgehead atoms. The summed E-state index contributed by atoms with van der Waals surface area (Å²) in [4.78, 5) is 1.44. The smallest absolute Gasteiger partial charge is 0.147 e. The molecule has 0 aliphatic carbocycles. The highest BCUT2D eigenvalue weighted by molar-refractivity contribution is 5.75. The van der Waals surface area contributed by atoms with Crippen LogP contribution < -0.4 is 10.6 Å². The van der Waals surface area contributed by atoms with Crippen LogP contribution in [0.3, 0.4) is 0 Å². The molecule has 0 heterocycles. The molecule has 0 spiro atoms. The first-order chi connectivity index (χ1) is 9.02. The van der Waals surface area contributed by atoms with Gasteiger partial charge in [-0.05, 0) is 30.3 Å². The van der Waals surface area contributed by atoms with E-state index in [4.69, 9.17) is 11.0 Å². The second-order valence-corrected chi connectivity index (χ2v) is 4.04. The van der Waals surface area contributed by atoms with Crippen molar-refractivity contribution in [1.29, 1.82) is 5.26 Å². The fourth-order valence-electron chi connectivity index (χ4n) is 1.80. The fraction of sp³-hybridized carbons (Fsp3) is 0.0714. The summed E-state index contributed by atoms with van der Waals surface area (Å²) in [5.41, 5.74) is 7.13. The monoisotopic (exact) mass is 259 g/mol. The minimum absolute atomic E-state index is 0.0800. The largest absolute Gasteiger partial charge is 0.397 e. The number of hydrogen-bond acceptors (Lipinski definition) is 3. The Morgan fingerprint density at radius 1 is 1.11 bits per heavy atom. The van der Waals surface area contributed by atoms with Crippen LogP contribution in [0.1, 0.15) is 5.56 Å². The summed E-state index contributed by atoms with van der Waals surface area (Å²) in [6.07, 6.45) is 0. The number of benzene rings is 2. The molecule has 0 radical (unpaired) electrons. The summed E-state index contributed by atoms with van der Waals surface area (Å²) in [6.45, 7) is 0. The van der Waals surface area contributed by atoms with Crippen molar-refractivity contribution >= 4 is 17.1 Å². The second kappa shape index (κ2) is 4.94. The molecule has 0 atom stereocenters. The summed E-state index contributed by atoms with van der Waals surface area (Å²) in [7, 11) is 1.58. The molecule has 2 rings (SSSR count). The van der Waals surface area contributed by atoms with Gasteiger partial charge in [0.25, 0.3) is 0 Å². The van der Waals surface area contributed by atoms with Crippen LogP contribution in [0.2, 0.25) is 0 Å². The summed E-state index contributed by atoms with van der Waals surface area (Å²) in [5.74, 6) is -1.08. The second-order valence-electron chi connectivity index (χ2n) is 4.04. The average Bonchev–Trinajstić information content (AvgIpc) is 2.40. The summed E-state index contributed by atoms with van der Waals surface area (Å²) in [5, 5.41) is 8.76. The van der Waals surface area contributed by atoms with Crippen molar-refractivity contribution in [2.24, 2.45) is 0 Å². The molecule has 2 N–H and O–H groups in total. The van der Waals surface area contributed by atoms with E-state index in [1.165, 1.54) is 11.0 Å². The van der Waals surface area contributed by atoms with E-state index in [1.54, 1.807) is 19.2 Å². The van der Waals surface area contributed by atoms with E-state index >= 15 is 0 Å². The van der Waals surface area contributed by atoms with Gasteiger partial charge in [-0.25, -0.2) is 8.78 Å². The fourth-order valence-corrected chi connectivity index (χ4v) is 1.80. The maximum Gasteiger partial charge on any atom is 0.147 e. The first-order valence-corrected chi connectivity index (χ1v) is 5.51. The van der Waals surface area contributed by atoms with Gasteiger partial charge in [0, 0.05) is 13.1 Å². The Hall–Kier alpha value is -2.61. The lowest BCUT2D eigenvalue weighted by atomic mass is 10.1. The molecule has 0 fully saturated rings. The van der Waals surface area contributed by atoms with Crippen LogP contribution in [0.4, 0.5) is 25.8 Å². The molecule has 3 nitrogen and oxygen atoms in total. The zero-order chi connectivity index (χ0) is 14.0. The SMILES string of the molecule is CN(c1ccc(C#N)cc1N)c1cc(F)ccc1F. The topological polar surface area (TPSA) is 53.0 Å². The van der Waals surface area contributed by atoms with Gasteiger partial charge in [-0.15, -0.1) is 0 Å². The molecule has 0 saturated heterocycles. The van der Waals surface area contributed by atoms with Crippen LogP contribution in [0.15, 0.2) is 36.4 Å². The summed E-state index contributed by atoms with van der Waals surface area (Å²) in [6, 6.07) is 9.81. The van der Waals surface area contributed by atoms with E-state index in [0.29, 0.717) is 16.9 Å². The average molecular weight is 259 g/mol. The molecule has 0 aliphatic heterocycles. The van der Waals surface area contributed by atoms with E-state index in [-0.39, 0.29) is 5.69 Å². The molecule has 0 aliphatic rings. The summed E-state index contributed by atoms with van der Waals surface area (Å²) >= 11 is 0. The highest BCUT2D eigenvalue weighted by atomic mass is 19.1. The molecule has 0 saturated carbocycles. The molecular weight excluding hydrogens is 248 g/mol. The molecule has 0 aromatic heterocycles. The Bertz CT molecular complexity index is 662. The first-order valence-electron chi connectivity index (χ1n) is 5.51. The maximum absolute atomic E-state index is 13.7. The van der Waals surface area contributed by atoms with Crippen LogP contribution in [-0.4, -0.2) is 7.05 Å². The number of halogens is 2. The number of nitrogen functional groups attached to an aromatic ring is 1. The zero-order valence-electron chi connectivity index (χ0n) is 10.2. The van der Waals surface area contributed by atoms with Crippen LogP contribution >= 0.6 is 0 Å². The van der Waals surface area contributed by atoms with Crippen LogP contribution in [0.5, 0.6) is 0 Å². The third-order valence-electron chi connectivity index (χ3n) is 2.79. The lowest BCUT2D eigenvalue weighted by Gasteiger charge is -2.21. The third-order valence-corrected chi connectivity index (χ3v) is 2.79. The van der Waals surface area contributed by atoms with Crippen molar-refractivity contribution < 1.29 is 8.78 Å². The molecular formula is C14H11F2N3. The quantitative estimate of drug-likeness (QED) is 0.843. The van der Waals surface area contributed by atoms with Gasteiger partial charge in [0.2, 0.25) is 0 Å². The van der Waals surface area contributed by atoms with Crippen molar-refractivity contribution in [3.05, 3.63) is 53.6 Å². The third kappa shape index (κ3) is 2.47. The number of hydrogen-bond donors (Lipinski definition) is 1. The van der Waals surface area contributed by atoms with Gasteiger partial charge in [0.1, 0.15) is 11.6 Å². The molecule has 19 heavy (non-hydrogen) atoms. The van der Waals surface area contributed by atoms with Gasteiger partial charge >= 0.3 is 0 Å². The van der Waals surface area contributed by atoms with E-state index in [2.05, 4.69) is 0 Å². The van der Waals surface area contributed by atoms with Gasteiger partial charge in [0.05, 0.1) is 28.7 Å². The van der Waals surface area contributed by atoms with Gasteiger partial charge in [-0.2, -0.15) is 5.26 Å². The Kier molecular flexibility index (Phi) is 3.34. The van der Waals surface area contributed by atoms with E-state index in [1.807, 2.05) is 6.07 Å². The van der Waals surface area contributed by atoms with Gasteiger partial charge in [-0.1, -0.05) is 0 Å². The predicted molar refractivity (Wildman–Crippen MR) is 70.0 cm³/mol. The van der Waals surface area contributed by atoms with Crippen molar-refractivity contribution in [3.8, 4) is 6.07 Å². The standard InChI is InChI=1S/C14H11F2N3/c1-19(14-7-10(15)3-4-11(14)16)13-5-2-9(8-17)6-12(13)18/h2-7H,18H2,1H3. The van der Waals surface area contributed by atoms with Gasteiger partial charge in [-0.3, -0.25) is 0 Å². The zero-order valence-corrected chi connectivity index (χ0v) is 10.2. The Balaban J connectivity index is 2.47. The van der Waals surface area contributed by atoms with Crippen LogP contribution in [0, 0.1) is 23.0 Å². The van der Waals surface area contributed by atoms with Crippen molar-refractivity contribution in [2.75, 3.05) is 17.7 Å². The Labute approximate surface area is 109 Å². The highest BCUT2D eigenvalue weighted by Crippen LogP contribution is 2.31. The molecule has 96 valence electrons. The number of nitrogens with two attached hydrogens (primary N) is 1. The van der Waals surface area contributed by atoms with Gasteiger partial charge < -0.3 is 10.6 Å². The van der Waals surface area contributed by atoms with E-state index in [9.17, 15) is 8.78 Å². The number of rotatable bonds is 2. The lowest BCUT2D eigenvalue weighted by molar-refractivity contribution is 0.600. The summed E-state index contributed by atoms with van der Waals surface area (Å²) < 4.78 is 26.9. The van der Waals surface area contributed by atoms with Crippen LogP contribution in [0.25, 0.3) is 0 Å². The Morgan fingerprint density at radius 2 is 1.84 bits per heavy atom. The lowest BCUT2D eigenvalue weighted by Crippen LogP contribution is -2.13. The van der Waals surface area contributed by atoms with Crippen molar-refractivity contribution in [1.82, 2.24) is 0 Å². The van der Waals surface area contributed by atoms with Crippen LogP contribution in [-0.2, 0) is 0 Å². The number of nitrogens with zero attached hydrogens (tertiary/aromatic N) is 2. The van der Waals surface area contributed by atoms with E-state index < -0.39 is 11.6 Å². The van der Waals surface area contributed by atoms with Crippen molar-refractivity contribution in [2.45, 2.75) is 0 Å². The minimum Gasteiger partial charge on any atom is -0.397 e. The molecule has 5 heteroatoms. The molecule has 0 unspecified atom stereocenters. The highest BCUT2D eigenvalue weighted by Gasteiger charge is 2.13. The normalized spacial score (nSPS) is 10.0. The molecule has 2 aromatic rings. The van der Waals surface area contributed by atoms with E-state index in [0.717, 1.165) is 18.2 Å². The van der Waals surface area contributed by atoms with Gasteiger partial charge in [0.15, 0.2) is 0 Å².